The predicted molar refractivity (Wildman–Crippen MR) is 99.2 cm³/mol. The second kappa shape index (κ2) is 9.27. The molecule has 1 atom stereocenters. The number of carbonyl (C=O) groups excluding carboxylic acids is 2. The Balaban J connectivity index is 2.24. The van der Waals surface area contributed by atoms with Crippen LogP contribution in [0.5, 0.6) is 0 Å². The van der Waals surface area contributed by atoms with Crippen LogP contribution in [0.25, 0.3) is 11.1 Å². The number of rotatable bonds is 7. The van der Waals surface area contributed by atoms with E-state index in [9.17, 15) is 19.8 Å². The molecule has 0 radical (unpaired) electrons. The number of esters is 1. The van der Waals surface area contributed by atoms with E-state index in [2.05, 4.69) is 4.74 Å². The lowest BCUT2D eigenvalue weighted by Crippen LogP contribution is -2.35. The lowest BCUT2D eigenvalue weighted by molar-refractivity contribution is 0.0520. The molecule has 7 nitrogen and oxygen atoms in total. The highest BCUT2D eigenvalue weighted by molar-refractivity contribution is 5.95. The number of likely N-dealkylation sites (N-methyl/N-ethyl adjacent to an activating group) is 1. The summed E-state index contributed by atoms with van der Waals surface area (Å²) in [6.07, 6.45) is -0.987. The van der Waals surface area contributed by atoms with Crippen molar-refractivity contribution in [2.45, 2.75) is 12.7 Å². The Kier molecular flexibility index (Phi) is 7.06. The summed E-state index contributed by atoms with van der Waals surface area (Å²) in [6.45, 7) is -0.633. The molecule has 0 aliphatic heterocycles. The topological polar surface area (TPSA) is 107 Å². The largest absolute Gasteiger partial charge is 0.465 e. The van der Waals surface area contributed by atoms with Crippen LogP contribution in [0.15, 0.2) is 42.5 Å². The fourth-order valence-electron chi connectivity index (χ4n) is 2.72. The summed E-state index contributed by atoms with van der Waals surface area (Å²) in [4.78, 5) is 25.3. The lowest BCUT2D eigenvalue weighted by atomic mass is 9.97. The van der Waals surface area contributed by atoms with Crippen molar-refractivity contribution in [1.82, 2.24) is 4.90 Å². The Morgan fingerprint density at radius 2 is 1.70 bits per heavy atom. The Bertz CT molecular complexity index is 803. The van der Waals surface area contributed by atoms with Gasteiger partial charge in [-0.05, 0) is 41.0 Å². The number of hydrogen-bond acceptors (Lipinski definition) is 6. The van der Waals surface area contributed by atoms with Crippen LogP contribution in [0.4, 0.5) is 0 Å². The summed E-state index contributed by atoms with van der Waals surface area (Å²) in [5.74, 6) is -0.761. The second-order valence-corrected chi connectivity index (χ2v) is 6.12. The molecule has 2 aromatic carbocycles. The number of aliphatic hydroxyl groups is 3. The third-order valence-electron chi connectivity index (χ3n) is 4.18. The molecule has 2 rings (SSSR count). The summed E-state index contributed by atoms with van der Waals surface area (Å²) >= 11 is 0. The van der Waals surface area contributed by atoms with Crippen LogP contribution in [0, 0.1) is 0 Å². The first-order valence-electron chi connectivity index (χ1n) is 8.38. The quantitative estimate of drug-likeness (QED) is 0.627. The highest BCUT2D eigenvalue weighted by atomic mass is 16.5. The molecule has 27 heavy (non-hydrogen) atoms. The molecule has 1 amide bonds. The molecule has 1 unspecified atom stereocenters. The molecule has 0 aliphatic carbocycles. The summed E-state index contributed by atoms with van der Waals surface area (Å²) < 4.78 is 4.69. The van der Waals surface area contributed by atoms with Crippen molar-refractivity contribution in [1.29, 1.82) is 0 Å². The molecule has 0 fully saturated rings. The minimum absolute atomic E-state index is 0.0285. The average molecular weight is 373 g/mol. The van der Waals surface area contributed by atoms with E-state index >= 15 is 0 Å². The molecule has 0 aliphatic rings. The zero-order chi connectivity index (χ0) is 20.0. The summed E-state index contributed by atoms with van der Waals surface area (Å²) in [5, 5.41) is 28.0. The van der Waals surface area contributed by atoms with Crippen LogP contribution < -0.4 is 0 Å². The molecule has 7 heteroatoms. The van der Waals surface area contributed by atoms with Gasteiger partial charge < -0.3 is 25.0 Å². The normalized spacial score (nSPS) is 11.7. The van der Waals surface area contributed by atoms with Crippen molar-refractivity contribution in [3.05, 3.63) is 59.2 Å². The molecule has 0 heterocycles. The van der Waals surface area contributed by atoms with Crippen LogP contribution in [0.2, 0.25) is 0 Å². The molecule has 0 saturated heterocycles. The van der Waals surface area contributed by atoms with Gasteiger partial charge in [-0.15, -0.1) is 0 Å². The molecule has 0 aromatic heterocycles. The monoisotopic (exact) mass is 373 g/mol. The minimum Gasteiger partial charge on any atom is -0.465 e. The van der Waals surface area contributed by atoms with Gasteiger partial charge in [0.15, 0.2) is 0 Å². The number of methoxy groups -OCH3 is 1. The van der Waals surface area contributed by atoms with Gasteiger partial charge in [0, 0.05) is 19.2 Å². The fourth-order valence-corrected chi connectivity index (χ4v) is 2.72. The third-order valence-corrected chi connectivity index (χ3v) is 4.18. The van der Waals surface area contributed by atoms with Gasteiger partial charge in [0.05, 0.1) is 32.0 Å². The number of hydrogen-bond donors (Lipinski definition) is 3. The molecule has 0 saturated carbocycles. The molecule has 0 spiro atoms. The molecule has 3 N–H and O–H groups in total. The summed E-state index contributed by atoms with van der Waals surface area (Å²) in [5.41, 5.74) is 2.88. The van der Waals surface area contributed by atoms with E-state index in [-0.39, 0.29) is 19.1 Å². The van der Waals surface area contributed by atoms with Crippen LogP contribution in [0.3, 0.4) is 0 Å². The van der Waals surface area contributed by atoms with Crippen molar-refractivity contribution in [2.24, 2.45) is 0 Å². The van der Waals surface area contributed by atoms with Crippen molar-refractivity contribution < 1.29 is 29.6 Å². The van der Waals surface area contributed by atoms with Crippen LogP contribution in [-0.4, -0.2) is 65.5 Å². The number of carbonyl (C=O) groups is 2. The van der Waals surface area contributed by atoms with Gasteiger partial charge in [-0.2, -0.15) is 0 Å². The maximum absolute atomic E-state index is 12.4. The van der Waals surface area contributed by atoms with Crippen molar-refractivity contribution in [3.63, 3.8) is 0 Å². The number of amides is 1. The number of benzene rings is 2. The summed E-state index contributed by atoms with van der Waals surface area (Å²) in [6, 6.07) is 11.7. The maximum Gasteiger partial charge on any atom is 0.337 e. The van der Waals surface area contributed by atoms with E-state index in [1.807, 2.05) is 0 Å². The van der Waals surface area contributed by atoms with Crippen molar-refractivity contribution >= 4 is 11.9 Å². The van der Waals surface area contributed by atoms with Crippen molar-refractivity contribution in [2.75, 3.05) is 27.3 Å². The van der Waals surface area contributed by atoms with E-state index in [0.717, 1.165) is 11.1 Å². The summed E-state index contributed by atoms with van der Waals surface area (Å²) in [7, 11) is 2.84. The predicted octanol–water partition coefficient (Wildman–Crippen LogP) is 1.06. The first-order chi connectivity index (χ1) is 12.9. The van der Waals surface area contributed by atoms with Crippen LogP contribution in [0.1, 0.15) is 26.3 Å². The first kappa shape index (κ1) is 20.6. The Hall–Kier alpha value is -2.74. The molecule has 2 aromatic rings. The Morgan fingerprint density at radius 1 is 1.07 bits per heavy atom. The molecule has 144 valence electrons. The van der Waals surface area contributed by atoms with E-state index < -0.39 is 18.7 Å². The number of ether oxygens (including phenoxy) is 1. The molecule has 0 bridgehead atoms. The van der Waals surface area contributed by atoms with Crippen LogP contribution in [-0.2, 0) is 11.3 Å². The SMILES string of the molecule is COC(=O)c1ccc(-c2ccc(C(=O)N(C)CC(O)CO)cc2)c(CO)c1. The lowest BCUT2D eigenvalue weighted by Gasteiger charge is -2.20. The van der Waals surface area contributed by atoms with Gasteiger partial charge in [0.25, 0.3) is 5.91 Å². The van der Waals surface area contributed by atoms with E-state index in [1.165, 1.54) is 12.0 Å². The Labute approximate surface area is 157 Å². The number of aliphatic hydroxyl groups excluding tert-OH is 3. The fraction of sp³-hybridized carbons (Fsp3) is 0.300. The highest BCUT2D eigenvalue weighted by Gasteiger charge is 2.16. The van der Waals surface area contributed by atoms with Crippen molar-refractivity contribution in [3.8, 4) is 11.1 Å². The highest BCUT2D eigenvalue weighted by Crippen LogP contribution is 2.26. The zero-order valence-electron chi connectivity index (χ0n) is 15.3. The van der Waals surface area contributed by atoms with E-state index in [4.69, 9.17) is 5.11 Å². The smallest absolute Gasteiger partial charge is 0.337 e. The van der Waals surface area contributed by atoms with Gasteiger partial charge in [-0.25, -0.2) is 4.79 Å². The molecular formula is C20H23NO6. The second-order valence-electron chi connectivity index (χ2n) is 6.12. The van der Waals surface area contributed by atoms with Crippen LogP contribution >= 0.6 is 0 Å². The first-order valence-corrected chi connectivity index (χ1v) is 8.38. The Morgan fingerprint density at radius 3 is 2.26 bits per heavy atom. The third kappa shape index (κ3) is 4.91. The minimum atomic E-state index is -0.987. The van der Waals surface area contributed by atoms with E-state index in [0.29, 0.717) is 16.7 Å². The van der Waals surface area contributed by atoms with Gasteiger partial charge in [0.1, 0.15) is 0 Å². The van der Waals surface area contributed by atoms with Gasteiger partial charge in [-0.1, -0.05) is 18.2 Å². The molecular weight excluding hydrogens is 350 g/mol. The zero-order valence-corrected chi connectivity index (χ0v) is 15.3. The van der Waals surface area contributed by atoms with Gasteiger partial charge >= 0.3 is 5.97 Å². The number of nitrogens with zero attached hydrogens (tertiary/aromatic N) is 1. The standard InChI is InChI=1S/C20H23NO6/c1-21(10-17(24)12-23)19(25)14-5-3-13(4-6-14)18-8-7-15(20(26)27-2)9-16(18)11-22/h3-9,17,22-24H,10-12H2,1-2H3. The van der Waals surface area contributed by atoms with E-state index in [1.54, 1.807) is 49.5 Å². The van der Waals surface area contributed by atoms with Gasteiger partial charge in [0.2, 0.25) is 0 Å². The average Bonchev–Trinajstić information content (AvgIpc) is 2.71. The van der Waals surface area contributed by atoms with Gasteiger partial charge in [-0.3, -0.25) is 4.79 Å². The maximum atomic E-state index is 12.4.